The number of amides is 1. The van der Waals surface area contributed by atoms with Crippen molar-refractivity contribution in [2.75, 3.05) is 18.9 Å². The number of H-pyrrole nitrogens is 1. The summed E-state index contributed by atoms with van der Waals surface area (Å²) in [5.41, 5.74) is 8.95. The SMILES string of the molecule is CNc1nccc(-c2ccc(C(=O)NC(CN)Cc3c[nH]c4ccccc34)s2)n1. The van der Waals surface area contributed by atoms with Crippen LogP contribution in [0, 0.1) is 0 Å². The van der Waals surface area contributed by atoms with Crippen LogP contribution >= 0.6 is 11.3 Å². The molecular weight excluding hydrogens is 384 g/mol. The number of nitrogens with zero attached hydrogens (tertiary/aromatic N) is 2. The predicted octanol–water partition coefficient (Wildman–Crippen LogP) is 3.03. The average molecular weight is 407 g/mol. The highest BCUT2D eigenvalue weighted by Crippen LogP contribution is 2.27. The monoisotopic (exact) mass is 406 g/mol. The highest BCUT2D eigenvalue weighted by molar-refractivity contribution is 7.17. The van der Waals surface area contributed by atoms with E-state index < -0.39 is 0 Å². The van der Waals surface area contributed by atoms with Gasteiger partial charge in [-0.25, -0.2) is 9.97 Å². The Kier molecular flexibility index (Phi) is 5.55. The molecule has 3 aromatic heterocycles. The number of rotatable bonds is 7. The Hall–Kier alpha value is -3.23. The van der Waals surface area contributed by atoms with Crippen molar-refractivity contribution < 1.29 is 4.79 Å². The second-order valence-corrected chi connectivity index (χ2v) is 7.73. The van der Waals surface area contributed by atoms with Gasteiger partial charge in [0.1, 0.15) is 0 Å². The number of hydrogen-bond acceptors (Lipinski definition) is 6. The Morgan fingerprint density at radius 3 is 2.93 bits per heavy atom. The van der Waals surface area contributed by atoms with E-state index in [1.807, 2.05) is 42.6 Å². The summed E-state index contributed by atoms with van der Waals surface area (Å²) in [4.78, 5) is 26.1. The molecule has 0 saturated carbocycles. The molecule has 148 valence electrons. The number of fused-ring (bicyclic) bond motifs is 1. The number of anilines is 1. The quantitative estimate of drug-likeness (QED) is 0.377. The molecule has 0 saturated heterocycles. The lowest BCUT2D eigenvalue weighted by molar-refractivity contribution is 0.0942. The summed E-state index contributed by atoms with van der Waals surface area (Å²) in [5.74, 6) is 0.420. The van der Waals surface area contributed by atoms with Crippen molar-refractivity contribution in [2.24, 2.45) is 5.73 Å². The van der Waals surface area contributed by atoms with Crippen LogP contribution < -0.4 is 16.4 Å². The van der Waals surface area contributed by atoms with Gasteiger partial charge in [-0.05, 0) is 36.2 Å². The molecule has 0 radical (unpaired) electrons. The van der Waals surface area contributed by atoms with Gasteiger partial charge in [-0.1, -0.05) is 18.2 Å². The third-order valence-corrected chi connectivity index (χ3v) is 5.83. The summed E-state index contributed by atoms with van der Waals surface area (Å²) < 4.78 is 0. The summed E-state index contributed by atoms with van der Waals surface area (Å²) in [6.07, 6.45) is 4.35. The van der Waals surface area contributed by atoms with Crippen LogP contribution in [0.4, 0.5) is 5.95 Å². The lowest BCUT2D eigenvalue weighted by Crippen LogP contribution is -2.41. The van der Waals surface area contributed by atoms with Gasteiger partial charge in [0.05, 0.1) is 15.4 Å². The molecule has 5 N–H and O–H groups in total. The van der Waals surface area contributed by atoms with Crippen LogP contribution in [0.1, 0.15) is 15.2 Å². The van der Waals surface area contributed by atoms with E-state index in [4.69, 9.17) is 5.73 Å². The molecule has 29 heavy (non-hydrogen) atoms. The lowest BCUT2D eigenvalue weighted by Gasteiger charge is -2.16. The number of nitrogens with one attached hydrogen (secondary N) is 3. The molecule has 1 aromatic carbocycles. The molecule has 0 spiro atoms. The van der Waals surface area contributed by atoms with Gasteiger partial charge in [0.15, 0.2) is 0 Å². The molecule has 1 unspecified atom stereocenters. The smallest absolute Gasteiger partial charge is 0.261 e. The van der Waals surface area contributed by atoms with Gasteiger partial charge in [-0.3, -0.25) is 4.79 Å². The Morgan fingerprint density at radius 2 is 2.10 bits per heavy atom. The van der Waals surface area contributed by atoms with Gasteiger partial charge in [0.2, 0.25) is 5.95 Å². The minimum Gasteiger partial charge on any atom is -0.361 e. The lowest BCUT2D eigenvalue weighted by atomic mass is 10.0. The van der Waals surface area contributed by atoms with Crippen molar-refractivity contribution in [2.45, 2.75) is 12.5 Å². The minimum absolute atomic E-state index is 0.126. The van der Waals surface area contributed by atoms with Crippen LogP contribution in [-0.4, -0.2) is 40.5 Å². The molecule has 0 fully saturated rings. The fraction of sp³-hybridized carbons (Fsp3) is 0.190. The molecule has 3 heterocycles. The minimum atomic E-state index is -0.151. The number of hydrogen-bond donors (Lipinski definition) is 4. The van der Waals surface area contributed by atoms with Crippen molar-refractivity contribution >= 4 is 34.1 Å². The molecule has 7 nitrogen and oxygen atoms in total. The third kappa shape index (κ3) is 4.13. The number of para-hydroxylation sites is 1. The van der Waals surface area contributed by atoms with E-state index in [-0.39, 0.29) is 11.9 Å². The van der Waals surface area contributed by atoms with E-state index in [0.29, 0.717) is 23.8 Å². The Labute approximate surface area is 172 Å². The largest absolute Gasteiger partial charge is 0.361 e. The fourth-order valence-electron chi connectivity index (χ4n) is 3.23. The van der Waals surface area contributed by atoms with Gasteiger partial charge in [0.25, 0.3) is 5.91 Å². The maximum atomic E-state index is 12.8. The molecule has 0 bridgehead atoms. The number of aromatic amines is 1. The highest BCUT2D eigenvalue weighted by atomic mass is 32.1. The maximum absolute atomic E-state index is 12.8. The number of aromatic nitrogens is 3. The standard InChI is InChI=1S/C21H22N6OS/c1-23-21-24-9-8-17(27-21)18-6-7-19(29-18)20(28)26-14(11-22)10-13-12-25-16-5-3-2-4-15(13)16/h2-9,12,14,25H,10-11,22H2,1H3,(H,26,28)(H,23,24,27). The fourth-order valence-corrected chi connectivity index (χ4v) is 4.11. The first-order chi connectivity index (χ1) is 14.2. The van der Waals surface area contributed by atoms with Crippen LogP contribution in [0.25, 0.3) is 21.5 Å². The van der Waals surface area contributed by atoms with Gasteiger partial charge in [0, 0.05) is 42.9 Å². The van der Waals surface area contributed by atoms with Crippen molar-refractivity contribution in [3.63, 3.8) is 0 Å². The summed E-state index contributed by atoms with van der Waals surface area (Å²) in [6.45, 7) is 0.362. The number of thiophene rings is 1. The zero-order valence-electron chi connectivity index (χ0n) is 16.0. The molecule has 1 amide bonds. The molecule has 1 atom stereocenters. The summed E-state index contributed by atoms with van der Waals surface area (Å²) in [7, 11) is 1.77. The molecule has 0 aliphatic carbocycles. The zero-order valence-corrected chi connectivity index (χ0v) is 16.8. The van der Waals surface area contributed by atoms with Crippen molar-refractivity contribution in [1.29, 1.82) is 0 Å². The second kappa shape index (κ2) is 8.42. The number of benzene rings is 1. The van der Waals surface area contributed by atoms with Crippen molar-refractivity contribution in [3.8, 4) is 10.6 Å². The van der Waals surface area contributed by atoms with Crippen LogP contribution in [-0.2, 0) is 6.42 Å². The highest BCUT2D eigenvalue weighted by Gasteiger charge is 2.17. The number of carbonyl (C=O) groups is 1. The van der Waals surface area contributed by atoms with Gasteiger partial charge in [-0.15, -0.1) is 11.3 Å². The number of carbonyl (C=O) groups excluding carboxylic acids is 1. The van der Waals surface area contributed by atoms with Crippen molar-refractivity contribution in [3.05, 3.63) is 65.3 Å². The van der Waals surface area contributed by atoms with Gasteiger partial charge >= 0.3 is 0 Å². The average Bonchev–Trinajstić information content (AvgIpc) is 3.41. The molecule has 0 aliphatic rings. The van der Waals surface area contributed by atoms with Crippen molar-refractivity contribution in [1.82, 2.24) is 20.3 Å². The van der Waals surface area contributed by atoms with E-state index in [2.05, 4.69) is 31.7 Å². The normalized spacial score (nSPS) is 12.1. The summed E-state index contributed by atoms with van der Waals surface area (Å²) in [6, 6.07) is 13.5. The van der Waals surface area contributed by atoms with Gasteiger partial charge < -0.3 is 21.4 Å². The summed E-state index contributed by atoms with van der Waals surface area (Å²) in [5, 5.41) is 7.14. The van der Waals surface area contributed by atoms with E-state index in [9.17, 15) is 4.79 Å². The first-order valence-corrected chi connectivity index (χ1v) is 10.2. The van der Waals surface area contributed by atoms with E-state index >= 15 is 0 Å². The Balaban J connectivity index is 1.47. The van der Waals surface area contributed by atoms with Crippen LogP contribution in [0.3, 0.4) is 0 Å². The maximum Gasteiger partial charge on any atom is 0.261 e. The number of nitrogens with two attached hydrogens (primary N) is 1. The second-order valence-electron chi connectivity index (χ2n) is 6.65. The first kappa shape index (κ1) is 19.1. The summed E-state index contributed by atoms with van der Waals surface area (Å²) >= 11 is 1.40. The molecule has 0 aliphatic heterocycles. The molecule has 4 aromatic rings. The zero-order chi connectivity index (χ0) is 20.2. The van der Waals surface area contributed by atoms with Crippen LogP contribution in [0.2, 0.25) is 0 Å². The predicted molar refractivity (Wildman–Crippen MR) is 117 cm³/mol. The van der Waals surface area contributed by atoms with E-state index in [1.54, 1.807) is 13.2 Å². The molecule has 8 heteroatoms. The first-order valence-electron chi connectivity index (χ1n) is 9.35. The Morgan fingerprint density at radius 1 is 1.24 bits per heavy atom. The van der Waals surface area contributed by atoms with Crippen LogP contribution in [0.15, 0.2) is 54.9 Å². The topological polar surface area (TPSA) is 109 Å². The van der Waals surface area contributed by atoms with E-state index in [1.165, 1.54) is 11.3 Å². The molecular formula is C21H22N6OS. The van der Waals surface area contributed by atoms with Crippen LogP contribution in [0.5, 0.6) is 0 Å². The third-order valence-electron chi connectivity index (χ3n) is 4.72. The Bertz CT molecular complexity index is 1130. The van der Waals surface area contributed by atoms with E-state index in [0.717, 1.165) is 27.0 Å². The van der Waals surface area contributed by atoms with Gasteiger partial charge in [-0.2, -0.15) is 0 Å². The molecule has 4 rings (SSSR count).